The van der Waals surface area contributed by atoms with Crippen LogP contribution in [-0.4, -0.2) is 29.4 Å². The fourth-order valence-corrected chi connectivity index (χ4v) is 2.56. The molecule has 0 bridgehead atoms. The van der Waals surface area contributed by atoms with E-state index in [0.29, 0.717) is 19.3 Å². The smallest absolute Gasteiger partial charge is 0.235 e. The van der Waals surface area contributed by atoms with Crippen molar-refractivity contribution in [1.82, 2.24) is 0 Å². The van der Waals surface area contributed by atoms with Gasteiger partial charge in [-0.05, 0) is 25.0 Å². The van der Waals surface area contributed by atoms with Gasteiger partial charge in [0, 0.05) is 11.3 Å². The van der Waals surface area contributed by atoms with Crippen LogP contribution >= 0.6 is 0 Å². The number of hydrogen-bond acceptors (Lipinski definition) is 5. The molecule has 1 aliphatic heterocycles. The third-order valence-corrected chi connectivity index (χ3v) is 3.59. The van der Waals surface area contributed by atoms with Gasteiger partial charge in [-0.3, -0.25) is 15.0 Å². The van der Waals surface area contributed by atoms with Gasteiger partial charge in [0.15, 0.2) is 6.29 Å². The Balaban J connectivity index is 2.28. The number of nitro groups is 1. The summed E-state index contributed by atoms with van der Waals surface area (Å²) in [7, 11) is 0. The summed E-state index contributed by atoms with van der Waals surface area (Å²) in [6.07, 6.45) is 1.73. The number of benzene rings is 1. The Morgan fingerprint density at radius 2 is 2.15 bits per heavy atom. The Labute approximate surface area is 117 Å². The highest BCUT2D eigenvalue weighted by molar-refractivity contribution is 5.57. The van der Waals surface area contributed by atoms with Crippen LogP contribution in [0.1, 0.15) is 26.2 Å². The van der Waals surface area contributed by atoms with Crippen molar-refractivity contribution in [1.29, 1.82) is 0 Å². The highest BCUT2D eigenvalue weighted by atomic mass is 16.7. The number of anilines is 1. The standard InChI is InChI=1S/C14H18N2O4/c1-2-13(16(18)19)14-9-8-12(10-17)20-15(14)11-6-4-3-5-7-11/h3-7,10,12-14H,2,8-9H2,1H3/t12-,13+,14-/m1/s1. The van der Waals surface area contributed by atoms with Crippen molar-refractivity contribution in [3.63, 3.8) is 0 Å². The number of rotatable bonds is 5. The van der Waals surface area contributed by atoms with Crippen LogP contribution in [0.4, 0.5) is 5.69 Å². The first-order valence-electron chi connectivity index (χ1n) is 6.77. The molecule has 2 rings (SSSR count). The van der Waals surface area contributed by atoms with Gasteiger partial charge in [0.1, 0.15) is 12.1 Å². The van der Waals surface area contributed by atoms with E-state index in [4.69, 9.17) is 4.84 Å². The molecule has 1 aromatic rings. The number of carbonyl (C=O) groups is 1. The molecule has 1 aromatic carbocycles. The first-order valence-corrected chi connectivity index (χ1v) is 6.77. The Morgan fingerprint density at radius 3 is 2.70 bits per heavy atom. The van der Waals surface area contributed by atoms with Crippen molar-refractivity contribution in [2.75, 3.05) is 5.06 Å². The zero-order chi connectivity index (χ0) is 14.5. The molecule has 0 aliphatic carbocycles. The normalized spacial score (nSPS) is 24.1. The molecular weight excluding hydrogens is 260 g/mol. The zero-order valence-corrected chi connectivity index (χ0v) is 11.3. The van der Waals surface area contributed by atoms with Gasteiger partial charge in [0.25, 0.3) is 0 Å². The molecule has 0 N–H and O–H groups in total. The van der Waals surface area contributed by atoms with Crippen molar-refractivity contribution >= 4 is 12.0 Å². The van der Waals surface area contributed by atoms with E-state index in [9.17, 15) is 14.9 Å². The highest BCUT2D eigenvalue weighted by Crippen LogP contribution is 2.29. The maximum atomic E-state index is 11.2. The Hall–Kier alpha value is -1.95. The van der Waals surface area contributed by atoms with Crippen LogP contribution in [-0.2, 0) is 9.63 Å². The number of hydroxylamine groups is 1. The largest absolute Gasteiger partial charge is 0.300 e. The van der Waals surface area contributed by atoms with Crippen LogP contribution in [0, 0.1) is 10.1 Å². The number of nitrogens with zero attached hydrogens (tertiary/aromatic N) is 2. The second-order valence-electron chi connectivity index (χ2n) is 4.85. The van der Waals surface area contributed by atoms with E-state index < -0.39 is 12.1 Å². The van der Waals surface area contributed by atoms with Crippen LogP contribution in [0.15, 0.2) is 30.3 Å². The lowest BCUT2D eigenvalue weighted by Crippen LogP contribution is -2.52. The molecule has 0 aromatic heterocycles. The van der Waals surface area contributed by atoms with E-state index in [1.807, 2.05) is 30.3 Å². The quantitative estimate of drug-likeness (QED) is 0.469. The average molecular weight is 278 g/mol. The van der Waals surface area contributed by atoms with Crippen LogP contribution in [0.2, 0.25) is 0 Å². The van der Waals surface area contributed by atoms with E-state index in [2.05, 4.69) is 0 Å². The minimum absolute atomic E-state index is 0.259. The monoisotopic (exact) mass is 278 g/mol. The van der Waals surface area contributed by atoms with Crippen LogP contribution in [0.3, 0.4) is 0 Å². The summed E-state index contributed by atoms with van der Waals surface area (Å²) < 4.78 is 0. The third-order valence-electron chi connectivity index (χ3n) is 3.59. The summed E-state index contributed by atoms with van der Waals surface area (Å²) in [4.78, 5) is 27.5. The SMILES string of the molecule is CC[C@@H]([C@H]1CC[C@H](C=O)ON1c1ccccc1)[N+](=O)[O-]. The average Bonchev–Trinajstić information content (AvgIpc) is 2.49. The second-order valence-corrected chi connectivity index (χ2v) is 4.85. The lowest BCUT2D eigenvalue weighted by Gasteiger charge is -2.39. The van der Waals surface area contributed by atoms with Gasteiger partial charge in [0.05, 0.1) is 5.69 Å². The molecule has 6 nitrogen and oxygen atoms in total. The van der Waals surface area contributed by atoms with Crippen LogP contribution in [0.5, 0.6) is 0 Å². The molecule has 0 radical (unpaired) electrons. The van der Waals surface area contributed by atoms with Gasteiger partial charge in [-0.25, -0.2) is 5.06 Å². The zero-order valence-electron chi connectivity index (χ0n) is 11.3. The van der Waals surface area contributed by atoms with E-state index in [0.717, 1.165) is 12.0 Å². The molecular formula is C14H18N2O4. The predicted octanol–water partition coefficient (Wildman–Crippen LogP) is 2.21. The van der Waals surface area contributed by atoms with Crippen molar-refractivity contribution in [3.8, 4) is 0 Å². The molecule has 1 heterocycles. The molecule has 0 unspecified atom stereocenters. The van der Waals surface area contributed by atoms with Crippen molar-refractivity contribution in [3.05, 3.63) is 40.4 Å². The predicted molar refractivity (Wildman–Crippen MR) is 74.0 cm³/mol. The second kappa shape index (κ2) is 6.47. The molecule has 6 heteroatoms. The Morgan fingerprint density at radius 1 is 1.45 bits per heavy atom. The first-order chi connectivity index (χ1) is 9.67. The summed E-state index contributed by atoms with van der Waals surface area (Å²) in [5.74, 6) is 0. The van der Waals surface area contributed by atoms with Crippen molar-refractivity contribution < 1.29 is 14.6 Å². The number of hydrogen-bond donors (Lipinski definition) is 0. The third kappa shape index (κ3) is 2.96. The van der Waals surface area contributed by atoms with E-state index >= 15 is 0 Å². The first kappa shape index (κ1) is 14.5. The maximum absolute atomic E-state index is 11.2. The molecule has 3 atom stereocenters. The molecule has 0 saturated carbocycles. The van der Waals surface area contributed by atoms with Crippen LogP contribution < -0.4 is 5.06 Å². The van der Waals surface area contributed by atoms with Gasteiger partial charge < -0.3 is 4.79 Å². The molecule has 1 fully saturated rings. The number of para-hydroxylation sites is 1. The Kier molecular flexibility index (Phi) is 4.68. The molecule has 20 heavy (non-hydrogen) atoms. The molecule has 1 aliphatic rings. The molecule has 0 amide bonds. The van der Waals surface area contributed by atoms with Gasteiger partial charge in [-0.2, -0.15) is 0 Å². The summed E-state index contributed by atoms with van der Waals surface area (Å²) in [6, 6.07) is 8.14. The fraction of sp³-hybridized carbons (Fsp3) is 0.500. The maximum Gasteiger partial charge on any atom is 0.235 e. The van der Waals surface area contributed by atoms with E-state index in [1.54, 1.807) is 12.0 Å². The number of aldehydes is 1. The van der Waals surface area contributed by atoms with Gasteiger partial charge in [-0.15, -0.1) is 0 Å². The molecule has 1 saturated heterocycles. The number of carbonyl (C=O) groups excluding carboxylic acids is 1. The summed E-state index contributed by atoms with van der Waals surface area (Å²) in [6.45, 7) is 1.79. The lowest BCUT2D eigenvalue weighted by atomic mass is 9.97. The van der Waals surface area contributed by atoms with E-state index in [-0.39, 0.29) is 11.0 Å². The minimum Gasteiger partial charge on any atom is -0.300 e. The lowest BCUT2D eigenvalue weighted by molar-refractivity contribution is -0.528. The highest BCUT2D eigenvalue weighted by Gasteiger charge is 2.40. The topological polar surface area (TPSA) is 72.7 Å². The van der Waals surface area contributed by atoms with Gasteiger partial charge in [-0.1, -0.05) is 25.1 Å². The summed E-state index contributed by atoms with van der Waals surface area (Å²) in [5.41, 5.74) is 0.740. The van der Waals surface area contributed by atoms with E-state index in [1.165, 1.54) is 0 Å². The summed E-state index contributed by atoms with van der Waals surface area (Å²) in [5, 5.41) is 12.8. The molecule has 0 spiro atoms. The molecule has 108 valence electrons. The fourth-order valence-electron chi connectivity index (χ4n) is 2.56. The van der Waals surface area contributed by atoms with Gasteiger partial charge >= 0.3 is 0 Å². The minimum atomic E-state index is -0.706. The van der Waals surface area contributed by atoms with Crippen molar-refractivity contribution in [2.24, 2.45) is 0 Å². The summed E-state index contributed by atoms with van der Waals surface area (Å²) >= 11 is 0. The van der Waals surface area contributed by atoms with Crippen molar-refractivity contribution in [2.45, 2.75) is 44.4 Å². The van der Waals surface area contributed by atoms with Gasteiger partial charge in [0.2, 0.25) is 6.04 Å². The Bertz CT molecular complexity index is 466. The van der Waals surface area contributed by atoms with Crippen LogP contribution in [0.25, 0.3) is 0 Å².